The van der Waals surface area contributed by atoms with Gasteiger partial charge in [0.15, 0.2) is 7.14 Å². The summed E-state index contributed by atoms with van der Waals surface area (Å²) in [5.41, 5.74) is 1.92. The second kappa shape index (κ2) is 10.5. The highest BCUT2D eigenvalue weighted by Crippen LogP contribution is 2.51. The van der Waals surface area contributed by atoms with Crippen molar-refractivity contribution in [3.8, 4) is 16.9 Å². The van der Waals surface area contributed by atoms with Crippen LogP contribution in [0.3, 0.4) is 0 Å². The third kappa shape index (κ3) is 3.99. The monoisotopic (exact) mass is 584 g/mol. The van der Waals surface area contributed by atoms with E-state index in [1.165, 1.54) is 0 Å². The van der Waals surface area contributed by atoms with Gasteiger partial charge >= 0.3 is 0 Å². The van der Waals surface area contributed by atoms with Crippen molar-refractivity contribution in [1.29, 1.82) is 0 Å². The first-order valence-corrected chi connectivity index (χ1v) is 16.5. The molecule has 0 saturated heterocycles. The third-order valence-electron chi connectivity index (χ3n) is 8.81. The molecule has 44 heavy (non-hydrogen) atoms. The Morgan fingerprint density at radius 3 is 1.41 bits per heavy atom. The van der Waals surface area contributed by atoms with E-state index in [4.69, 9.17) is 4.74 Å². The van der Waals surface area contributed by atoms with Gasteiger partial charge in [0.1, 0.15) is 5.75 Å². The van der Waals surface area contributed by atoms with Crippen LogP contribution < -0.4 is 20.7 Å². The average Bonchev–Trinajstić information content (AvgIpc) is 3.10. The zero-order valence-corrected chi connectivity index (χ0v) is 25.2. The van der Waals surface area contributed by atoms with Crippen LogP contribution in [-0.4, -0.2) is 7.11 Å². The lowest BCUT2D eigenvalue weighted by Gasteiger charge is -2.26. The number of methoxy groups -OCH3 is 1. The quantitative estimate of drug-likeness (QED) is 0.149. The Kier molecular flexibility index (Phi) is 6.33. The fourth-order valence-corrected chi connectivity index (χ4v) is 9.66. The molecule has 0 aromatic heterocycles. The van der Waals surface area contributed by atoms with Gasteiger partial charge in [0, 0.05) is 32.4 Å². The zero-order chi connectivity index (χ0) is 29.7. The number of hydrogen-bond donors (Lipinski definition) is 0. The minimum Gasteiger partial charge on any atom is -0.496 e. The predicted molar refractivity (Wildman–Crippen MR) is 188 cm³/mol. The summed E-state index contributed by atoms with van der Waals surface area (Å²) in [5.74, 6) is 0.753. The molecule has 0 N–H and O–H groups in total. The second-order valence-electron chi connectivity index (χ2n) is 11.2. The van der Waals surface area contributed by atoms with Gasteiger partial charge in [-0.1, -0.05) is 146 Å². The molecule has 0 spiro atoms. The highest BCUT2D eigenvalue weighted by atomic mass is 31.2. The van der Waals surface area contributed by atoms with Crippen molar-refractivity contribution < 1.29 is 9.30 Å². The summed E-state index contributed by atoms with van der Waals surface area (Å²) in [6.07, 6.45) is 0. The van der Waals surface area contributed by atoms with Gasteiger partial charge < -0.3 is 9.30 Å². The van der Waals surface area contributed by atoms with E-state index in [2.05, 4.69) is 97.1 Å². The van der Waals surface area contributed by atoms with Crippen molar-refractivity contribution in [3.05, 3.63) is 158 Å². The molecule has 0 radical (unpaired) electrons. The molecule has 0 aliphatic rings. The van der Waals surface area contributed by atoms with Crippen molar-refractivity contribution in [2.75, 3.05) is 7.11 Å². The van der Waals surface area contributed by atoms with E-state index < -0.39 is 7.14 Å². The Hall–Kier alpha value is -5.17. The topological polar surface area (TPSA) is 26.3 Å². The smallest absolute Gasteiger partial charge is 0.171 e. The fraction of sp³-hybridized carbons (Fsp3) is 0.0244. The van der Waals surface area contributed by atoms with E-state index in [-0.39, 0.29) is 0 Å². The van der Waals surface area contributed by atoms with Gasteiger partial charge in [0.25, 0.3) is 0 Å². The average molecular weight is 585 g/mol. The molecule has 8 rings (SSSR count). The van der Waals surface area contributed by atoms with Crippen LogP contribution in [-0.2, 0) is 4.57 Å². The Labute approximate surface area is 256 Å². The number of ether oxygens (including phenoxy) is 1. The molecule has 8 aromatic carbocycles. The normalized spacial score (nSPS) is 11.8. The summed E-state index contributed by atoms with van der Waals surface area (Å²) in [4.78, 5) is 0. The van der Waals surface area contributed by atoms with E-state index >= 15 is 4.57 Å². The van der Waals surface area contributed by atoms with Crippen molar-refractivity contribution in [2.24, 2.45) is 0 Å². The first-order valence-electron chi connectivity index (χ1n) is 14.8. The van der Waals surface area contributed by atoms with Crippen LogP contribution >= 0.6 is 7.14 Å². The maximum atomic E-state index is 16.2. The van der Waals surface area contributed by atoms with Crippen molar-refractivity contribution in [2.45, 2.75) is 0 Å². The van der Waals surface area contributed by atoms with Gasteiger partial charge in [-0.25, -0.2) is 0 Å². The molecule has 3 heteroatoms. The SMILES string of the molecule is COc1ccc2ccc3ccccc3c2c1-c1c(P(=O)(c2ccccc2)c2ccccc2)ccc2ccc3ccccc3c12. The minimum atomic E-state index is -3.39. The van der Waals surface area contributed by atoms with Gasteiger partial charge in [-0.3, -0.25) is 0 Å². The zero-order valence-electron chi connectivity index (χ0n) is 24.3. The maximum absolute atomic E-state index is 16.2. The molecule has 0 heterocycles. The highest BCUT2D eigenvalue weighted by Gasteiger charge is 2.34. The Morgan fingerprint density at radius 2 is 0.864 bits per heavy atom. The van der Waals surface area contributed by atoms with Gasteiger partial charge in [-0.05, 0) is 49.8 Å². The van der Waals surface area contributed by atoms with Gasteiger partial charge in [-0.15, -0.1) is 0 Å². The number of fused-ring (bicyclic) bond motifs is 6. The molecule has 2 nitrogen and oxygen atoms in total. The molecular formula is C41H29O2P. The lowest BCUT2D eigenvalue weighted by Crippen LogP contribution is -2.26. The minimum absolute atomic E-state index is 0.753. The van der Waals surface area contributed by atoms with E-state index in [1.54, 1.807) is 7.11 Å². The fourth-order valence-electron chi connectivity index (χ4n) is 6.80. The molecular weight excluding hydrogens is 555 g/mol. The molecule has 210 valence electrons. The van der Waals surface area contributed by atoms with Crippen molar-refractivity contribution in [3.63, 3.8) is 0 Å². The van der Waals surface area contributed by atoms with E-state index in [0.717, 1.165) is 75.9 Å². The highest BCUT2D eigenvalue weighted by molar-refractivity contribution is 7.85. The molecule has 0 amide bonds. The predicted octanol–water partition coefficient (Wildman–Crippen LogP) is 9.61. The standard InChI is InChI=1S/C41H29O2P/c1-43-36-26-24-30-22-20-28-12-8-10-18-34(28)38(30)40(36)41-37(27-25-31-23-21-29-13-9-11-19-35(29)39(31)41)44(42,32-14-4-2-5-15-32)33-16-6-3-7-17-33/h2-27H,1H3. The van der Waals surface area contributed by atoms with Crippen LogP contribution in [0.2, 0.25) is 0 Å². The molecule has 8 aromatic rings. The molecule has 0 unspecified atom stereocenters. The lowest BCUT2D eigenvalue weighted by molar-refractivity contribution is 0.417. The van der Waals surface area contributed by atoms with Crippen LogP contribution in [0.25, 0.3) is 54.2 Å². The van der Waals surface area contributed by atoms with Crippen LogP contribution in [0.1, 0.15) is 0 Å². The van der Waals surface area contributed by atoms with Crippen molar-refractivity contribution in [1.82, 2.24) is 0 Å². The largest absolute Gasteiger partial charge is 0.496 e. The summed E-state index contributed by atoms with van der Waals surface area (Å²) < 4.78 is 22.4. The van der Waals surface area contributed by atoms with Crippen LogP contribution in [0.4, 0.5) is 0 Å². The first kappa shape index (κ1) is 26.5. The molecule has 0 saturated carbocycles. The van der Waals surface area contributed by atoms with E-state index in [1.807, 2.05) is 60.7 Å². The van der Waals surface area contributed by atoms with Gasteiger partial charge in [-0.2, -0.15) is 0 Å². The van der Waals surface area contributed by atoms with Gasteiger partial charge in [0.2, 0.25) is 0 Å². The number of rotatable bonds is 5. The lowest BCUT2D eigenvalue weighted by atomic mass is 9.88. The second-order valence-corrected chi connectivity index (χ2v) is 13.9. The van der Waals surface area contributed by atoms with Crippen LogP contribution in [0.15, 0.2) is 158 Å². The Bertz CT molecular complexity index is 2350. The third-order valence-corrected chi connectivity index (χ3v) is 11.9. The Morgan fingerprint density at radius 1 is 0.432 bits per heavy atom. The Balaban J connectivity index is 1.66. The molecule has 0 bridgehead atoms. The summed E-state index contributed by atoms with van der Waals surface area (Å²) >= 11 is 0. The van der Waals surface area contributed by atoms with Crippen LogP contribution in [0.5, 0.6) is 5.75 Å². The van der Waals surface area contributed by atoms with E-state index in [9.17, 15) is 0 Å². The maximum Gasteiger partial charge on any atom is 0.171 e. The number of benzene rings is 8. The molecule has 0 aliphatic heterocycles. The summed E-state index contributed by atoms with van der Waals surface area (Å²) in [6, 6.07) is 54.0. The molecule has 0 atom stereocenters. The van der Waals surface area contributed by atoms with Crippen molar-refractivity contribution >= 4 is 66.1 Å². The first-order chi connectivity index (χ1) is 21.7. The number of hydrogen-bond acceptors (Lipinski definition) is 2. The summed E-state index contributed by atoms with van der Waals surface area (Å²) in [7, 11) is -1.66. The summed E-state index contributed by atoms with van der Waals surface area (Å²) in [6.45, 7) is 0. The van der Waals surface area contributed by atoms with Gasteiger partial charge in [0.05, 0.1) is 7.11 Å². The summed E-state index contributed by atoms with van der Waals surface area (Å²) in [5, 5.41) is 11.3. The van der Waals surface area contributed by atoms with E-state index in [0.29, 0.717) is 0 Å². The van der Waals surface area contributed by atoms with Crippen LogP contribution in [0, 0.1) is 0 Å². The molecule has 0 fully saturated rings. The molecule has 0 aliphatic carbocycles.